The summed E-state index contributed by atoms with van der Waals surface area (Å²) >= 11 is 0. The summed E-state index contributed by atoms with van der Waals surface area (Å²) in [7, 11) is 2.10. The Morgan fingerprint density at radius 1 is 0.905 bits per heavy atom. The minimum absolute atomic E-state index is 0.631. The summed E-state index contributed by atoms with van der Waals surface area (Å²) in [5.74, 6) is 0. The van der Waals surface area contributed by atoms with E-state index in [1.807, 2.05) is 0 Å². The first-order valence-electron chi connectivity index (χ1n) is 8.99. The van der Waals surface area contributed by atoms with Crippen LogP contribution in [-0.4, -0.2) is 13.1 Å². The number of hydrogen-bond donors (Lipinski definition) is 1. The summed E-state index contributed by atoms with van der Waals surface area (Å²) in [6.45, 7) is 4.50. The second-order valence-corrected chi connectivity index (χ2v) is 6.38. The van der Waals surface area contributed by atoms with Crippen LogP contribution in [0.3, 0.4) is 0 Å². The van der Waals surface area contributed by atoms with Crippen molar-refractivity contribution in [1.29, 1.82) is 0 Å². The van der Waals surface area contributed by atoms with Crippen LogP contribution in [0, 0.1) is 6.92 Å². The van der Waals surface area contributed by atoms with Crippen LogP contribution in [0.25, 0.3) is 0 Å². The smallest absolute Gasteiger partial charge is 0.0105 e. The van der Waals surface area contributed by atoms with Gasteiger partial charge in [-0.05, 0) is 37.9 Å². The second-order valence-electron chi connectivity index (χ2n) is 6.38. The Kier molecular flexibility index (Phi) is 10.2. The van der Waals surface area contributed by atoms with Gasteiger partial charge in [-0.3, -0.25) is 0 Å². The van der Waals surface area contributed by atoms with E-state index in [-0.39, 0.29) is 0 Å². The van der Waals surface area contributed by atoms with E-state index in [1.54, 1.807) is 0 Å². The zero-order valence-electron chi connectivity index (χ0n) is 14.5. The van der Waals surface area contributed by atoms with Gasteiger partial charge < -0.3 is 5.32 Å². The first-order chi connectivity index (χ1) is 10.3. The minimum atomic E-state index is 0.631. The van der Waals surface area contributed by atoms with Crippen LogP contribution in [0.5, 0.6) is 0 Å². The lowest BCUT2D eigenvalue weighted by molar-refractivity contribution is 0.477. The van der Waals surface area contributed by atoms with Crippen molar-refractivity contribution >= 4 is 0 Å². The highest BCUT2D eigenvalue weighted by atomic mass is 14.9. The van der Waals surface area contributed by atoms with Gasteiger partial charge in [-0.2, -0.15) is 0 Å². The second kappa shape index (κ2) is 11.8. The molecule has 0 amide bonds. The predicted molar refractivity (Wildman–Crippen MR) is 95.0 cm³/mol. The van der Waals surface area contributed by atoms with Crippen molar-refractivity contribution in [3.05, 3.63) is 35.4 Å². The molecular weight excluding hydrogens is 254 g/mol. The van der Waals surface area contributed by atoms with Gasteiger partial charge in [0, 0.05) is 6.04 Å². The van der Waals surface area contributed by atoms with E-state index in [9.17, 15) is 0 Å². The molecule has 1 rings (SSSR count). The van der Waals surface area contributed by atoms with Crippen LogP contribution in [0.1, 0.15) is 75.8 Å². The van der Waals surface area contributed by atoms with Crippen molar-refractivity contribution in [2.45, 2.75) is 84.1 Å². The Labute approximate surface area is 132 Å². The maximum absolute atomic E-state index is 3.50. The first-order valence-corrected chi connectivity index (χ1v) is 8.99. The molecule has 0 saturated heterocycles. The van der Waals surface area contributed by atoms with Gasteiger partial charge in [-0.1, -0.05) is 82.6 Å². The Bertz CT molecular complexity index is 359. The Balaban J connectivity index is 2.13. The average molecular weight is 290 g/mol. The molecule has 0 aliphatic rings. The van der Waals surface area contributed by atoms with Crippen LogP contribution in [0.4, 0.5) is 0 Å². The molecule has 1 aromatic carbocycles. The van der Waals surface area contributed by atoms with E-state index in [0.29, 0.717) is 6.04 Å². The third-order valence-corrected chi connectivity index (χ3v) is 4.54. The monoisotopic (exact) mass is 289 g/mol. The summed E-state index contributed by atoms with van der Waals surface area (Å²) in [4.78, 5) is 0. The lowest BCUT2D eigenvalue weighted by atomic mass is 9.97. The van der Waals surface area contributed by atoms with Gasteiger partial charge >= 0.3 is 0 Å². The minimum Gasteiger partial charge on any atom is -0.317 e. The molecular formula is C20H35N. The molecule has 0 radical (unpaired) electrons. The fraction of sp³-hybridized carbons (Fsp3) is 0.700. The van der Waals surface area contributed by atoms with Crippen molar-refractivity contribution in [2.24, 2.45) is 0 Å². The van der Waals surface area contributed by atoms with E-state index in [4.69, 9.17) is 0 Å². The molecule has 0 aliphatic heterocycles. The van der Waals surface area contributed by atoms with E-state index < -0.39 is 0 Å². The fourth-order valence-electron chi connectivity index (χ4n) is 2.98. The van der Waals surface area contributed by atoms with Crippen LogP contribution >= 0.6 is 0 Å². The van der Waals surface area contributed by atoms with Gasteiger partial charge in [0.1, 0.15) is 0 Å². The zero-order chi connectivity index (χ0) is 15.3. The molecule has 120 valence electrons. The average Bonchev–Trinajstić information content (AvgIpc) is 2.50. The topological polar surface area (TPSA) is 12.0 Å². The van der Waals surface area contributed by atoms with Gasteiger partial charge in [-0.25, -0.2) is 0 Å². The summed E-state index contributed by atoms with van der Waals surface area (Å²) in [5.41, 5.74) is 2.92. The molecule has 0 aromatic heterocycles. The maximum Gasteiger partial charge on any atom is 0.0105 e. The van der Waals surface area contributed by atoms with Crippen molar-refractivity contribution in [1.82, 2.24) is 5.32 Å². The zero-order valence-corrected chi connectivity index (χ0v) is 14.5. The number of likely N-dealkylation sites (N-methyl/N-ethyl adjacent to an activating group) is 1. The normalized spacial score (nSPS) is 12.5. The van der Waals surface area contributed by atoms with Crippen LogP contribution < -0.4 is 5.32 Å². The molecule has 1 nitrogen and oxygen atoms in total. The largest absolute Gasteiger partial charge is 0.317 e. The highest BCUT2D eigenvalue weighted by Gasteiger charge is 2.08. The lowest BCUT2D eigenvalue weighted by Crippen LogP contribution is -2.27. The van der Waals surface area contributed by atoms with Crippen molar-refractivity contribution in [3.8, 4) is 0 Å². The summed E-state index contributed by atoms with van der Waals surface area (Å²) < 4.78 is 0. The number of unbranched alkanes of at least 4 members (excludes halogenated alkanes) is 7. The summed E-state index contributed by atoms with van der Waals surface area (Å²) in [6, 6.07) is 9.41. The van der Waals surface area contributed by atoms with E-state index in [2.05, 4.69) is 50.5 Å². The quantitative estimate of drug-likeness (QED) is 0.490. The Morgan fingerprint density at radius 2 is 1.52 bits per heavy atom. The van der Waals surface area contributed by atoms with Gasteiger partial charge in [0.05, 0.1) is 0 Å². The highest BCUT2D eigenvalue weighted by Crippen LogP contribution is 2.15. The molecule has 0 fully saturated rings. The number of nitrogens with one attached hydrogen (secondary N) is 1. The molecule has 1 heteroatoms. The van der Waals surface area contributed by atoms with E-state index in [0.717, 1.165) is 0 Å². The Morgan fingerprint density at radius 3 is 2.14 bits per heavy atom. The Hall–Kier alpha value is -0.820. The van der Waals surface area contributed by atoms with Gasteiger partial charge in [-0.15, -0.1) is 0 Å². The van der Waals surface area contributed by atoms with Crippen molar-refractivity contribution < 1.29 is 0 Å². The molecule has 0 spiro atoms. The van der Waals surface area contributed by atoms with Gasteiger partial charge in [0.2, 0.25) is 0 Å². The maximum atomic E-state index is 3.50. The SMILES string of the molecule is CCCCCCCCCCC(Cc1ccccc1C)NC. The summed E-state index contributed by atoms with van der Waals surface area (Å²) in [5, 5.41) is 3.50. The van der Waals surface area contributed by atoms with Crippen molar-refractivity contribution in [2.75, 3.05) is 7.05 Å². The molecule has 0 saturated carbocycles. The molecule has 0 heterocycles. The predicted octanol–water partition coefficient (Wildman–Crippen LogP) is 5.66. The molecule has 0 bridgehead atoms. The first kappa shape index (κ1) is 18.2. The van der Waals surface area contributed by atoms with Crippen molar-refractivity contribution in [3.63, 3.8) is 0 Å². The van der Waals surface area contributed by atoms with Crippen LogP contribution in [0.15, 0.2) is 24.3 Å². The number of aryl methyl sites for hydroxylation is 1. The fourth-order valence-corrected chi connectivity index (χ4v) is 2.98. The molecule has 1 unspecified atom stereocenters. The highest BCUT2D eigenvalue weighted by molar-refractivity contribution is 5.26. The number of benzene rings is 1. The third kappa shape index (κ3) is 8.26. The number of rotatable bonds is 12. The molecule has 1 aromatic rings. The van der Waals surface area contributed by atoms with Crippen LogP contribution in [-0.2, 0) is 6.42 Å². The van der Waals surface area contributed by atoms with Gasteiger partial charge in [0.15, 0.2) is 0 Å². The third-order valence-electron chi connectivity index (χ3n) is 4.54. The number of hydrogen-bond acceptors (Lipinski definition) is 1. The standard InChI is InChI=1S/C20H35N/c1-4-5-6-7-8-9-10-11-16-20(21-3)17-19-15-13-12-14-18(19)2/h12-15,20-21H,4-11,16-17H2,1-3H3. The lowest BCUT2D eigenvalue weighted by Gasteiger charge is -2.17. The summed E-state index contributed by atoms with van der Waals surface area (Å²) in [6.07, 6.45) is 13.7. The van der Waals surface area contributed by atoms with Crippen LogP contribution in [0.2, 0.25) is 0 Å². The molecule has 1 atom stereocenters. The van der Waals surface area contributed by atoms with E-state index in [1.165, 1.54) is 75.3 Å². The molecule has 0 aliphatic carbocycles. The van der Waals surface area contributed by atoms with E-state index >= 15 is 0 Å². The van der Waals surface area contributed by atoms with Gasteiger partial charge in [0.25, 0.3) is 0 Å². The molecule has 1 N–H and O–H groups in total. The molecule has 21 heavy (non-hydrogen) atoms.